The van der Waals surface area contributed by atoms with Gasteiger partial charge in [0, 0.05) is 11.8 Å². The van der Waals surface area contributed by atoms with E-state index in [0.717, 1.165) is 5.56 Å². The highest BCUT2D eigenvalue weighted by atomic mass is 16.4. The van der Waals surface area contributed by atoms with Crippen LogP contribution in [0, 0.1) is 0 Å². The fourth-order valence-corrected chi connectivity index (χ4v) is 1.99. The molecule has 4 heteroatoms. The van der Waals surface area contributed by atoms with Gasteiger partial charge in [-0.25, -0.2) is 9.78 Å². The third-order valence-electron chi connectivity index (χ3n) is 3.08. The smallest absolute Gasteiger partial charge is 0.340 e. The van der Waals surface area contributed by atoms with Gasteiger partial charge in [0.1, 0.15) is 11.4 Å². The van der Waals surface area contributed by atoms with Crippen LogP contribution in [0.1, 0.15) is 35.7 Å². The molecule has 0 saturated heterocycles. The fourth-order valence-electron chi connectivity index (χ4n) is 1.99. The number of carboxylic acids is 1. The first-order chi connectivity index (χ1) is 9.00. The van der Waals surface area contributed by atoms with Gasteiger partial charge in [0.2, 0.25) is 0 Å². The van der Waals surface area contributed by atoms with Crippen molar-refractivity contribution in [1.29, 1.82) is 0 Å². The SMILES string of the molecule is CC(C)c1ccc(-c2ccnc(N)c2C(=O)O)cc1. The Morgan fingerprint density at radius 1 is 1.21 bits per heavy atom. The van der Waals surface area contributed by atoms with E-state index >= 15 is 0 Å². The Kier molecular flexibility index (Phi) is 3.51. The summed E-state index contributed by atoms with van der Waals surface area (Å²) in [5.74, 6) is -0.582. The summed E-state index contributed by atoms with van der Waals surface area (Å²) in [5.41, 5.74) is 8.33. The van der Waals surface area contributed by atoms with Gasteiger partial charge in [-0.3, -0.25) is 0 Å². The fraction of sp³-hybridized carbons (Fsp3) is 0.200. The van der Waals surface area contributed by atoms with E-state index in [9.17, 15) is 9.90 Å². The lowest BCUT2D eigenvalue weighted by molar-refractivity contribution is 0.0698. The van der Waals surface area contributed by atoms with E-state index in [0.29, 0.717) is 11.5 Å². The monoisotopic (exact) mass is 256 g/mol. The van der Waals surface area contributed by atoms with Gasteiger partial charge in [0.15, 0.2) is 0 Å². The molecule has 0 unspecified atom stereocenters. The van der Waals surface area contributed by atoms with Crippen molar-refractivity contribution < 1.29 is 9.90 Å². The molecule has 0 aliphatic rings. The molecule has 1 aromatic heterocycles. The highest BCUT2D eigenvalue weighted by molar-refractivity contribution is 6.00. The summed E-state index contributed by atoms with van der Waals surface area (Å²) >= 11 is 0. The van der Waals surface area contributed by atoms with Crippen LogP contribution in [0.2, 0.25) is 0 Å². The molecule has 3 N–H and O–H groups in total. The molecule has 4 nitrogen and oxygen atoms in total. The Hall–Kier alpha value is -2.36. The molecule has 1 heterocycles. The maximum Gasteiger partial charge on any atom is 0.340 e. The molecule has 98 valence electrons. The van der Waals surface area contributed by atoms with Gasteiger partial charge < -0.3 is 10.8 Å². The second-order valence-electron chi connectivity index (χ2n) is 4.70. The van der Waals surface area contributed by atoms with Crippen LogP contribution in [0.5, 0.6) is 0 Å². The molecular weight excluding hydrogens is 240 g/mol. The molecule has 0 saturated carbocycles. The van der Waals surface area contributed by atoms with E-state index in [4.69, 9.17) is 5.73 Å². The molecule has 1 aromatic carbocycles. The predicted molar refractivity (Wildman–Crippen MR) is 75.1 cm³/mol. The maximum absolute atomic E-state index is 11.3. The summed E-state index contributed by atoms with van der Waals surface area (Å²) in [4.78, 5) is 15.1. The molecule has 19 heavy (non-hydrogen) atoms. The van der Waals surface area contributed by atoms with Gasteiger partial charge in [0.05, 0.1) is 0 Å². The average molecular weight is 256 g/mol. The number of anilines is 1. The molecule has 0 bridgehead atoms. The van der Waals surface area contributed by atoms with Crippen molar-refractivity contribution in [2.75, 3.05) is 5.73 Å². The van der Waals surface area contributed by atoms with Gasteiger partial charge in [-0.05, 0) is 23.1 Å². The van der Waals surface area contributed by atoms with E-state index in [1.165, 1.54) is 11.8 Å². The summed E-state index contributed by atoms with van der Waals surface area (Å²) in [6, 6.07) is 9.50. The Labute approximate surface area is 111 Å². The minimum Gasteiger partial charge on any atom is -0.478 e. The van der Waals surface area contributed by atoms with Crippen molar-refractivity contribution in [2.24, 2.45) is 0 Å². The molecule has 0 aliphatic heterocycles. The number of nitrogen functional groups attached to an aromatic ring is 1. The van der Waals surface area contributed by atoms with Crippen LogP contribution in [0.25, 0.3) is 11.1 Å². The maximum atomic E-state index is 11.3. The first-order valence-electron chi connectivity index (χ1n) is 6.08. The number of rotatable bonds is 3. The van der Waals surface area contributed by atoms with Gasteiger partial charge in [0.25, 0.3) is 0 Å². The van der Waals surface area contributed by atoms with Crippen LogP contribution in [-0.4, -0.2) is 16.1 Å². The molecule has 2 rings (SSSR count). The topological polar surface area (TPSA) is 76.2 Å². The van der Waals surface area contributed by atoms with Gasteiger partial charge in [-0.15, -0.1) is 0 Å². The van der Waals surface area contributed by atoms with Gasteiger partial charge in [-0.1, -0.05) is 38.1 Å². The molecule has 0 amide bonds. The largest absolute Gasteiger partial charge is 0.478 e. The van der Waals surface area contributed by atoms with E-state index in [1.807, 2.05) is 24.3 Å². The minimum atomic E-state index is -1.06. The third-order valence-corrected chi connectivity index (χ3v) is 3.08. The standard InChI is InChI=1S/C15H16N2O2/c1-9(2)10-3-5-11(6-4-10)12-7-8-17-14(16)13(12)15(18)19/h3-9H,1-2H3,(H2,16,17)(H,18,19). The summed E-state index contributed by atoms with van der Waals surface area (Å²) in [6.45, 7) is 4.23. The number of nitrogens with two attached hydrogens (primary N) is 1. The lowest BCUT2D eigenvalue weighted by atomic mass is 9.96. The van der Waals surface area contributed by atoms with Crippen LogP contribution in [-0.2, 0) is 0 Å². The minimum absolute atomic E-state index is 0.0398. The predicted octanol–water partition coefficient (Wildman–Crippen LogP) is 3.15. The van der Waals surface area contributed by atoms with E-state index in [1.54, 1.807) is 6.07 Å². The Bertz CT molecular complexity index is 604. The van der Waals surface area contributed by atoms with Crippen molar-refractivity contribution in [1.82, 2.24) is 4.98 Å². The van der Waals surface area contributed by atoms with E-state index in [-0.39, 0.29) is 11.4 Å². The number of benzene rings is 1. The molecular formula is C15H16N2O2. The number of hydrogen-bond donors (Lipinski definition) is 2. The Morgan fingerprint density at radius 2 is 1.84 bits per heavy atom. The summed E-state index contributed by atoms with van der Waals surface area (Å²) < 4.78 is 0. The molecule has 0 aliphatic carbocycles. The van der Waals surface area contributed by atoms with Crippen molar-refractivity contribution >= 4 is 11.8 Å². The van der Waals surface area contributed by atoms with Crippen LogP contribution >= 0.6 is 0 Å². The first-order valence-corrected chi connectivity index (χ1v) is 6.08. The molecule has 0 radical (unpaired) electrons. The van der Waals surface area contributed by atoms with Crippen LogP contribution in [0.3, 0.4) is 0 Å². The van der Waals surface area contributed by atoms with Crippen LogP contribution < -0.4 is 5.73 Å². The lowest BCUT2D eigenvalue weighted by Crippen LogP contribution is -2.06. The second-order valence-corrected chi connectivity index (χ2v) is 4.70. The van der Waals surface area contributed by atoms with Crippen molar-refractivity contribution in [3.05, 3.63) is 47.7 Å². The van der Waals surface area contributed by atoms with E-state index < -0.39 is 5.97 Å². The lowest BCUT2D eigenvalue weighted by Gasteiger charge is -2.10. The number of carbonyl (C=O) groups is 1. The van der Waals surface area contributed by atoms with Crippen LogP contribution in [0.4, 0.5) is 5.82 Å². The zero-order chi connectivity index (χ0) is 14.0. The number of aromatic carboxylic acids is 1. The highest BCUT2D eigenvalue weighted by Crippen LogP contribution is 2.27. The zero-order valence-electron chi connectivity index (χ0n) is 10.9. The second kappa shape index (κ2) is 5.10. The van der Waals surface area contributed by atoms with Crippen LogP contribution in [0.15, 0.2) is 36.5 Å². The summed E-state index contributed by atoms with van der Waals surface area (Å²) in [6.07, 6.45) is 1.52. The highest BCUT2D eigenvalue weighted by Gasteiger charge is 2.16. The molecule has 0 atom stereocenters. The third kappa shape index (κ3) is 2.57. The number of aromatic nitrogens is 1. The van der Waals surface area contributed by atoms with Crippen molar-refractivity contribution in [3.63, 3.8) is 0 Å². The zero-order valence-corrected chi connectivity index (χ0v) is 10.9. The van der Waals surface area contributed by atoms with Gasteiger partial charge in [-0.2, -0.15) is 0 Å². The molecule has 0 fully saturated rings. The number of nitrogens with zero attached hydrogens (tertiary/aromatic N) is 1. The molecule has 2 aromatic rings. The van der Waals surface area contributed by atoms with E-state index in [2.05, 4.69) is 18.8 Å². The Morgan fingerprint density at radius 3 is 2.37 bits per heavy atom. The summed E-state index contributed by atoms with van der Waals surface area (Å²) in [5, 5.41) is 9.23. The Balaban J connectivity index is 2.53. The van der Waals surface area contributed by atoms with Crippen molar-refractivity contribution in [2.45, 2.75) is 19.8 Å². The quantitative estimate of drug-likeness (QED) is 0.884. The van der Waals surface area contributed by atoms with Gasteiger partial charge >= 0.3 is 5.97 Å². The number of pyridine rings is 1. The van der Waals surface area contributed by atoms with Crippen molar-refractivity contribution in [3.8, 4) is 11.1 Å². The average Bonchev–Trinajstić information content (AvgIpc) is 2.38. The molecule has 0 spiro atoms. The first kappa shape index (κ1) is 13.1. The number of carboxylic acid groups (broad SMARTS) is 1. The normalized spacial score (nSPS) is 10.7. The number of hydrogen-bond acceptors (Lipinski definition) is 3. The summed E-state index contributed by atoms with van der Waals surface area (Å²) in [7, 11) is 0.